The van der Waals surface area contributed by atoms with Crippen LogP contribution in [0, 0.1) is 6.92 Å². The summed E-state index contributed by atoms with van der Waals surface area (Å²) in [6.45, 7) is 3.90. The van der Waals surface area contributed by atoms with Crippen LogP contribution in [-0.2, 0) is 0 Å². The smallest absolute Gasteiger partial charge is 0.252 e. The molecule has 0 saturated heterocycles. The first kappa shape index (κ1) is 14.1. The number of carbonyl (C=O) groups excluding carboxylic acids is 1. The van der Waals surface area contributed by atoms with Gasteiger partial charge in [0.2, 0.25) is 0 Å². The molecule has 0 saturated carbocycles. The van der Waals surface area contributed by atoms with Gasteiger partial charge in [0.15, 0.2) is 0 Å². The van der Waals surface area contributed by atoms with Crippen molar-refractivity contribution < 1.29 is 9.53 Å². The van der Waals surface area contributed by atoms with Gasteiger partial charge in [-0.2, -0.15) is 0 Å². The molecule has 2 aromatic carbocycles. The van der Waals surface area contributed by atoms with Crippen molar-refractivity contribution in [3.63, 3.8) is 0 Å². The Bertz CT molecular complexity index is 607. The Hall–Kier alpha value is -2.29. The lowest BCUT2D eigenvalue weighted by Gasteiger charge is -2.16. The second kappa shape index (κ2) is 6.24. The van der Waals surface area contributed by atoms with Gasteiger partial charge in [-0.15, -0.1) is 0 Å². The van der Waals surface area contributed by atoms with Crippen molar-refractivity contribution in [2.24, 2.45) is 0 Å². The van der Waals surface area contributed by atoms with Gasteiger partial charge < -0.3 is 10.1 Å². The van der Waals surface area contributed by atoms with Gasteiger partial charge in [-0.25, -0.2) is 0 Å². The van der Waals surface area contributed by atoms with Crippen molar-refractivity contribution in [2.45, 2.75) is 19.9 Å². The Labute approximate surface area is 119 Å². The summed E-state index contributed by atoms with van der Waals surface area (Å²) in [6, 6.07) is 15.2. The summed E-state index contributed by atoms with van der Waals surface area (Å²) in [4.78, 5) is 12.3. The first-order valence-corrected chi connectivity index (χ1v) is 6.62. The van der Waals surface area contributed by atoms with Gasteiger partial charge in [0, 0.05) is 5.56 Å². The molecular weight excluding hydrogens is 250 g/mol. The average Bonchev–Trinajstić information content (AvgIpc) is 2.47. The third kappa shape index (κ3) is 3.18. The minimum Gasteiger partial charge on any atom is -0.497 e. The van der Waals surface area contributed by atoms with E-state index in [1.807, 2.05) is 62.4 Å². The van der Waals surface area contributed by atoms with Crippen molar-refractivity contribution >= 4 is 5.91 Å². The lowest BCUT2D eigenvalue weighted by Crippen LogP contribution is -2.27. The zero-order valence-corrected chi connectivity index (χ0v) is 12.0. The van der Waals surface area contributed by atoms with E-state index in [9.17, 15) is 4.79 Å². The van der Waals surface area contributed by atoms with E-state index in [0.29, 0.717) is 5.56 Å². The summed E-state index contributed by atoms with van der Waals surface area (Å²) in [5.41, 5.74) is 2.70. The summed E-state index contributed by atoms with van der Waals surface area (Å²) in [5, 5.41) is 3.01. The number of carbonyl (C=O) groups is 1. The van der Waals surface area contributed by atoms with Crippen molar-refractivity contribution in [3.8, 4) is 5.75 Å². The number of hydrogen-bond acceptors (Lipinski definition) is 2. The number of ether oxygens (including phenoxy) is 1. The normalized spacial score (nSPS) is 11.8. The van der Waals surface area contributed by atoms with E-state index in [1.54, 1.807) is 7.11 Å². The highest BCUT2D eigenvalue weighted by Gasteiger charge is 2.13. The molecule has 0 aliphatic carbocycles. The maximum Gasteiger partial charge on any atom is 0.252 e. The van der Waals surface area contributed by atoms with E-state index in [0.717, 1.165) is 16.9 Å². The van der Waals surface area contributed by atoms with E-state index in [4.69, 9.17) is 4.74 Å². The van der Waals surface area contributed by atoms with Crippen LogP contribution in [0.25, 0.3) is 0 Å². The lowest BCUT2D eigenvalue weighted by molar-refractivity contribution is 0.0939. The van der Waals surface area contributed by atoms with E-state index in [2.05, 4.69) is 5.32 Å². The predicted molar refractivity (Wildman–Crippen MR) is 80.1 cm³/mol. The molecule has 0 aliphatic heterocycles. The number of amides is 1. The third-order valence-corrected chi connectivity index (χ3v) is 3.33. The minimum atomic E-state index is -0.0720. The Kier molecular flexibility index (Phi) is 4.41. The molecule has 104 valence electrons. The molecule has 0 aliphatic rings. The van der Waals surface area contributed by atoms with Gasteiger partial charge in [-0.05, 0) is 43.2 Å². The summed E-state index contributed by atoms with van der Waals surface area (Å²) >= 11 is 0. The largest absolute Gasteiger partial charge is 0.497 e. The van der Waals surface area contributed by atoms with E-state index < -0.39 is 0 Å². The highest BCUT2D eigenvalue weighted by atomic mass is 16.5. The number of aryl methyl sites for hydroxylation is 1. The molecule has 0 fully saturated rings. The van der Waals surface area contributed by atoms with Crippen LogP contribution < -0.4 is 10.1 Å². The molecule has 1 N–H and O–H groups in total. The SMILES string of the molecule is COc1cccc(C(C)NC(=O)c2ccccc2C)c1. The summed E-state index contributed by atoms with van der Waals surface area (Å²) in [5.74, 6) is 0.734. The molecule has 2 aromatic rings. The zero-order valence-electron chi connectivity index (χ0n) is 12.0. The fourth-order valence-electron chi connectivity index (χ4n) is 2.10. The molecule has 3 nitrogen and oxygen atoms in total. The van der Waals surface area contributed by atoms with Gasteiger partial charge in [-0.3, -0.25) is 4.79 Å². The molecule has 0 radical (unpaired) electrons. The van der Waals surface area contributed by atoms with Crippen molar-refractivity contribution in [2.75, 3.05) is 7.11 Å². The molecule has 3 heteroatoms. The number of rotatable bonds is 4. The number of hydrogen-bond donors (Lipinski definition) is 1. The van der Waals surface area contributed by atoms with Crippen LogP contribution in [0.1, 0.15) is 34.5 Å². The van der Waals surface area contributed by atoms with Crippen molar-refractivity contribution in [1.82, 2.24) is 5.32 Å². The zero-order chi connectivity index (χ0) is 14.5. The van der Waals surface area contributed by atoms with E-state index >= 15 is 0 Å². The quantitative estimate of drug-likeness (QED) is 0.922. The average molecular weight is 269 g/mol. The minimum absolute atomic E-state index is 0.0570. The summed E-state index contributed by atoms with van der Waals surface area (Å²) < 4.78 is 5.20. The summed E-state index contributed by atoms with van der Waals surface area (Å²) in [6.07, 6.45) is 0. The van der Waals surface area contributed by atoms with Crippen LogP contribution in [0.4, 0.5) is 0 Å². The molecular formula is C17H19NO2. The van der Waals surface area contributed by atoms with Gasteiger partial charge in [0.1, 0.15) is 5.75 Å². The van der Waals surface area contributed by atoms with Crippen molar-refractivity contribution in [1.29, 1.82) is 0 Å². The fourth-order valence-corrected chi connectivity index (χ4v) is 2.10. The molecule has 20 heavy (non-hydrogen) atoms. The standard InChI is InChI=1S/C17H19NO2/c1-12-7-4-5-10-16(12)17(19)18-13(2)14-8-6-9-15(11-14)20-3/h4-11,13H,1-3H3,(H,18,19). The summed E-state index contributed by atoms with van der Waals surface area (Å²) in [7, 11) is 1.63. The first-order chi connectivity index (χ1) is 9.61. The van der Waals surface area contributed by atoms with Crippen LogP contribution in [0.2, 0.25) is 0 Å². The van der Waals surface area contributed by atoms with Gasteiger partial charge in [0.05, 0.1) is 13.2 Å². The van der Waals surface area contributed by atoms with Gasteiger partial charge in [-0.1, -0.05) is 30.3 Å². The predicted octanol–water partition coefficient (Wildman–Crippen LogP) is 3.49. The fraction of sp³-hybridized carbons (Fsp3) is 0.235. The number of benzene rings is 2. The van der Waals surface area contributed by atoms with Crippen molar-refractivity contribution in [3.05, 3.63) is 65.2 Å². The van der Waals surface area contributed by atoms with Crippen LogP contribution in [0.3, 0.4) is 0 Å². The van der Waals surface area contributed by atoms with Crippen LogP contribution >= 0.6 is 0 Å². The van der Waals surface area contributed by atoms with Gasteiger partial charge in [0.25, 0.3) is 5.91 Å². The third-order valence-electron chi connectivity index (χ3n) is 3.33. The topological polar surface area (TPSA) is 38.3 Å². The second-order valence-corrected chi connectivity index (χ2v) is 4.79. The highest BCUT2D eigenvalue weighted by molar-refractivity contribution is 5.95. The van der Waals surface area contributed by atoms with Gasteiger partial charge >= 0.3 is 0 Å². The molecule has 0 aromatic heterocycles. The number of methoxy groups -OCH3 is 1. The van der Waals surface area contributed by atoms with E-state index in [-0.39, 0.29) is 11.9 Å². The molecule has 1 unspecified atom stereocenters. The first-order valence-electron chi connectivity index (χ1n) is 6.62. The number of nitrogens with one attached hydrogen (secondary N) is 1. The Morgan fingerprint density at radius 1 is 1.15 bits per heavy atom. The Morgan fingerprint density at radius 2 is 1.90 bits per heavy atom. The van der Waals surface area contributed by atoms with E-state index in [1.165, 1.54) is 0 Å². The van der Waals surface area contributed by atoms with Crippen LogP contribution in [-0.4, -0.2) is 13.0 Å². The Morgan fingerprint density at radius 3 is 2.60 bits per heavy atom. The molecule has 1 atom stereocenters. The maximum absolute atomic E-state index is 12.3. The Balaban J connectivity index is 2.13. The maximum atomic E-state index is 12.3. The van der Waals surface area contributed by atoms with Crippen LogP contribution in [0.5, 0.6) is 5.75 Å². The molecule has 0 bridgehead atoms. The monoisotopic (exact) mass is 269 g/mol. The highest BCUT2D eigenvalue weighted by Crippen LogP contribution is 2.19. The van der Waals surface area contributed by atoms with Crippen LogP contribution in [0.15, 0.2) is 48.5 Å². The molecule has 2 rings (SSSR count). The molecule has 0 heterocycles. The molecule has 1 amide bonds. The second-order valence-electron chi connectivity index (χ2n) is 4.79. The molecule has 0 spiro atoms. The lowest BCUT2D eigenvalue weighted by atomic mass is 10.1.